The fourth-order valence-electron chi connectivity index (χ4n) is 13.1. The van der Waals surface area contributed by atoms with Crippen molar-refractivity contribution < 1.29 is 9.47 Å². The quantitative estimate of drug-likeness (QED) is 0.106. The van der Waals surface area contributed by atoms with Gasteiger partial charge in [-0.1, -0.05) is 221 Å². The Labute approximate surface area is 461 Å². The highest BCUT2D eigenvalue weighted by Crippen LogP contribution is 2.44. The highest BCUT2D eigenvalue weighted by molar-refractivity contribution is 7.21. The predicted octanol–water partition coefficient (Wildman–Crippen LogP) is 10.8. The van der Waals surface area contributed by atoms with Crippen molar-refractivity contribution in [1.82, 2.24) is 0 Å². The molecule has 78 heavy (non-hydrogen) atoms. The topological polar surface area (TPSA) is 24.9 Å². The second-order valence-electron chi connectivity index (χ2n) is 21.6. The van der Waals surface area contributed by atoms with E-state index in [1.54, 1.807) is 0 Å². The largest absolute Gasteiger partial charge is 0.458 e. The normalized spacial score (nSPS) is 13.3. The monoisotopic (exact) mass is 1040 g/mol. The number of rotatable bonds is 9. The van der Waals surface area contributed by atoms with E-state index in [1.807, 2.05) is 0 Å². The number of benzene rings is 11. The highest BCUT2D eigenvalue weighted by Gasteiger charge is 2.49. The van der Waals surface area contributed by atoms with Gasteiger partial charge in [0.2, 0.25) is 0 Å². The van der Waals surface area contributed by atoms with Crippen LogP contribution in [0, 0.1) is 34.6 Å². The molecule has 14 rings (SSSR count). The smallest absolute Gasteiger partial charge is 0.260 e. The number of anilines is 6. The summed E-state index contributed by atoms with van der Waals surface area (Å²) in [6.45, 7) is 11.0. The summed E-state index contributed by atoms with van der Waals surface area (Å²) in [6, 6.07) is 92.9. The predicted molar refractivity (Wildman–Crippen MR) is 333 cm³/mol. The molecule has 3 aliphatic rings. The van der Waals surface area contributed by atoms with Crippen LogP contribution >= 0.6 is 0 Å². The summed E-state index contributed by atoms with van der Waals surface area (Å²) in [5.41, 5.74) is 16.3. The minimum Gasteiger partial charge on any atom is -0.458 e. The van der Waals surface area contributed by atoms with E-state index in [4.69, 9.17) is 9.47 Å². The van der Waals surface area contributed by atoms with Crippen molar-refractivity contribution in [1.29, 1.82) is 0 Å². The fraction of sp³-hybridized carbons (Fsp3) is 0.0704. The van der Waals surface area contributed by atoms with Gasteiger partial charge in [0.05, 0.1) is 0 Å². The van der Waals surface area contributed by atoms with Crippen molar-refractivity contribution in [2.24, 2.45) is 0 Å². The molecule has 4 nitrogen and oxygen atoms in total. The molecule has 3 aliphatic heterocycles. The maximum atomic E-state index is 7.09. The molecule has 0 amide bonds. The van der Waals surface area contributed by atoms with Crippen molar-refractivity contribution in [2.75, 3.05) is 9.80 Å². The molecular weight excluding hydrogens is 980 g/mol. The lowest BCUT2D eigenvalue weighted by atomic mass is 9.35. The second-order valence-corrected chi connectivity index (χ2v) is 28.1. The third kappa shape index (κ3) is 7.71. The first-order chi connectivity index (χ1) is 38.2. The van der Waals surface area contributed by atoms with Gasteiger partial charge in [-0.2, -0.15) is 0 Å². The zero-order valence-electron chi connectivity index (χ0n) is 44.5. The molecule has 0 N–H and O–H groups in total. The van der Waals surface area contributed by atoms with E-state index in [1.165, 1.54) is 81.2 Å². The van der Waals surface area contributed by atoms with Gasteiger partial charge < -0.3 is 19.3 Å². The first-order valence-corrected chi connectivity index (χ1v) is 30.9. The fourth-order valence-corrected chi connectivity index (χ4v) is 21.7. The maximum absolute atomic E-state index is 7.09. The summed E-state index contributed by atoms with van der Waals surface area (Å²) in [6.07, 6.45) is 0. The van der Waals surface area contributed by atoms with Gasteiger partial charge in [-0.25, -0.2) is 0 Å². The molecule has 0 radical (unpaired) electrons. The van der Waals surface area contributed by atoms with Gasteiger partial charge in [0.25, 0.3) is 6.71 Å². The Kier molecular flexibility index (Phi) is 11.6. The van der Waals surface area contributed by atoms with Gasteiger partial charge in [0.15, 0.2) is 8.07 Å². The van der Waals surface area contributed by atoms with Crippen LogP contribution in [0.2, 0.25) is 0 Å². The average Bonchev–Trinajstić information content (AvgIpc) is 3.50. The van der Waals surface area contributed by atoms with Crippen LogP contribution in [0.4, 0.5) is 34.1 Å². The van der Waals surface area contributed by atoms with Crippen molar-refractivity contribution in [3.63, 3.8) is 0 Å². The first-order valence-electron chi connectivity index (χ1n) is 27.2. The van der Waals surface area contributed by atoms with E-state index in [2.05, 4.69) is 293 Å². The van der Waals surface area contributed by atoms with Crippen LogP contribution in [-0.2, 0) is 0 Å². The van der Waals surface area contributed by atoms with E-state index in [9.17, 15) is 0 Å². The molecular formula is C71H57BN2O2Si2. The Balaban J connectivity index is 0.923. The van der Waals surface area contributed by atoms with E-state index in [0.29, 0.717) is 0 Å². The average molecular weight is 1040 g/mol. The molecule has 374 valence electrons. The van der Waals surface area contributed by atoms with Crippen molar-refractivity contribution in [3.05, 3.63) is 277 Å². The van der Waals surface area contributed by atoms with E-state index in [-0.39, 0.29) is 6.71 Å². The van der Waals surface area contributed by atoms with Crippen LogP contribution in [0.1, 0.15) is 27.8 Å². The summed E-state index contributed by atoms with van der Waals surface area (Å²) in [5.74, 6) is 3.33. The van der Waals surface area contributed by atoms with Gasteiger partial charge in [-0.3, -0.25) is 0 Å². The van der Waals surface area contributed by atoms with E-state index >= 15 is 0 Å². The number of ether oxygens (including phenoxy) is 2. The Bertz CT molecular complexity index is 4000. The van der Waals surface area contributed by atoms with Crippen LogP contribution < -0.4 is 72.0 Å². The lowest BCUT2D eigenvalue weighted by Crippen LogP contribution is -2.77. The lowest BCUT2D eigenvalue weighted by Gasteiger charge is -2.45. The zero-order valence-corrected chi connectivity index (χ0v) is 46.7. The summed E-state index contributed by atoms with van der Waals surface area (Å²) < 4.78 is 14.2. The Morgan fingerprint density at radius 3 is 1.46 bits per heavy atom. The SMILES string of the molecule is Cc1ccc(N(c2ccc3c(c2)Oc2cccc4c2B3c2ccc(N3c5ccc(C)cc5[Si](c5ccccc5)(c5ccccc5)c5cc(C)ccc53)cc2O4)c2ccc(C)cc2[SiH](c2ccccc2)c2ccccc2)c(C)c1. The Morgan fingerprint density at radius 1 is 0.410 bits per heavy atom. The molecule has 11 aromatic carbocycles. The number of aryl methyl sites for hydroxylation is 5. The van der Waals surface area contributed by atoms with Crippen molar-refractivity contribution in [3.8, 4) is 23.0 Å². The Hall–Kier alpha value is -8.88. The second kappa shape index (κ2) is 19.0. The highest BCUT2D eigenvalue weighted by atomic mass is 28.3. The minimum absolute atomic E-state index is 0.119. The standard InChI is InChI=1S/C71H57BN2O2Si2/c1-47-29-37-60(51(5)41-47)73(61-38-30-48(2)42-68(61)77(54-19-10-6-11-20-54)55-21-12-7-13-22-55)52-33-35-58-66(45-52)75-64-27-18-28-65-71(64)72(58)59-36-34-53(46-67(59)76-65)74-62-39-31-49(3)43-69(62)78(56-23-14-8-15-24-56,57-25-16-9-17-26-57)70-44-50(4)32-40-63(70)74/h6-46,77H,1-5H3. The molecule has 0 aliphatic carbocycles. The number of hydrogen-bond acceptors (Lipinski definition) is 4. The molecule has 0 fully saturated rings. The number of nitrogens with zero attached hydrogens (tertiary/aromatic N) is 2. The summed E-state index contributed by atoms with van der Waals surface area (Å²) in [7, 11) is -4.84. The molecule has 0 saturated carbocycles. The van der Waals surface area contributed by atoms with Crippen molar-refractivity contribution in [2.45, 2.75) is 34.6 Å². The molecule has 0 spiro atoms. The summed E-state index contributed by atoms with van der Waals surface area (Å²) >= 11 is 0. The van der Waals surface area contributed by atoms with Crippen LogP contribution in [0.5, 0.6) is 23.0 Å². The van der Waals surface area contributed by atoms with Gasteiger partial charge >= 0.3 is 0 Å². The lowest BCUT2D eigenvalue weighted by molar-refractivity contribution is 0.464. The van der Waals surface area contributed by atoms with Gasteiger partial charge in [-0.05, 0) is 126 Å². The summed E-state index contributed by atoms with van der Waals surface area (Å²) in [5, 5.41) is 9.64. The number of hydrogen-bond donors (Lipinski definition) is 0. The van der Waals surface area contributed by atoms with E-state index in [0.717, 1.165) is 56.4 Å². The number of fused-ring (bicyclic) bond motifs is 6. The Morgan fingerprint density at radius 2 is 0.897 bits per heavy atom. The van der Waals surface area contributed by atoms with Crippen molar-refractivity contribution >= 4 is 110 Å². The van der Waals surface area contributed by atoms with E-state index < -0.39 is 16.9 Å². The molecule has 3 heterocycles. The van der Waals surface area contributed by atoms with Gasteiger partial charge in [-0.15, -0.1) is 0 Å². The summed E-state index contributed by atoms with van der Waals surface area (Å²) in [4.78, 5) is 4.98. The van der Waals surface area contributed by atoms with Gasteiger partial charge in [0, 0.05) is 51.7 Å². The van der Waals surface area contributed by atoms with Gasteiger partial charge in [0.1, 0.15) is 31.8 Å². The molecule has 7 heteroatoms. The maximum Gasteiger partial charge on any atom is 0.260 e. The van der Waals surface area contributed by atoms with Crippen LogP contribution in [-0.4, -0.2) is 23.6 Å². The molecule has 0 bridgehead atoms. The van der Waals surface area contributed by atoms with Crippen LogP contribution in [0.25, 0.3) is 0 Å². The zero-order chi connectivity index (χ0) is 52.6. The molecule has 0 unspecified atom stereocenters. The third-order valence-electron chi connectivity index (χ3n) is 16.5. The van der Waals surface area contributed by atoms with Crippen LogP contribution in [0.15, 0.2) is 249 Å². The molecule has 11 aromatic rings. The minimum atomic E-state index is -2.84. The molecule has 0 aromatic heterocycles. The van der Waals surface area contributed by atoms with Crippen LogP contribution in [0.3, 0.4) is 0 Å². The molecule has 0 atom stereocenters. The first kappa shape index (κ1) is 47.6. The third-order valence-corrected chi connectivity index (χ3v) is 24.5. The molecule has 0 saturated heterocycles.